The van der Waals surface area contributed by atoms with Gasteiger partial charge in [-0.1, -0.05) is 29.3 Å². The predicted octanol–water partition coefficient (Wildman–Crippen LogP) is 4.92. The summed E-state index contributed by atoms with van der Waals surface area (Å²) in [6.45, 7) is 1.27. The van der Waals surface area contributed by atoms with Gasteiger partial charge < -0.3 is 19.8 Å². The highest BCUT2D eigenvalue weighted by Gasteiger charge is 2.39. The summed E-state index contributed by atoms with van der Waals surface area (Å²) in [4.78, 5) is 26.4. The van der Waals surface area contributed by atoms with Crippen molar-refractivity contribution in [2.45, 2.75) is 19.3 Å². The van der Waals surface area contributed by atoms with Crippen molar-refractivity contribution in [2.75, 3.05) is 19.7 Å². The average Bonchev–Trinajstić information content (AvgIpc) is 3.15. The number of carbonyl (C=O) groups is 2. The van der Waals surface area contributed by atoms with Gasteiger partial charge in [0.25, 0.3) is 5.91 Å². The second kappa shape index (κ2) is 8.81. The van der Waals surface area contributed by atoms with Crippen LogP contribution in [0.1, 0.15) is 29.8 Å². The van der Waals surface area contributed by atoms with Crippen molar-refractivity contribution < 1.29 is 18.7 Å². The summed E-state index contributed by atoms with van der Waals surface area (Å²) < 4.78 is 11.6. The number of hydrogen-bond acceptors (Lipinski definition) is 4. The monoisotopic (exact) mass is 460 g/mol. The standard InChI is InChI=1S/C23H22Cl2N2O4/c24-16-2-1-3-18(12-16)30-14-23(13-21(26)28)6-8-27(9-7-23)22(29)20-11-15-10-17(25)4-5-19(15)31-20/h1-5,10-12H,6-9,13-14H2,(H2,26,28). The molecule has 1 aromatic heterocycles. The van der Waals surface area contributed by atoms with E-state index in [0.29, 0.717) is 53.9 Å². The lowest BCUT2D eigenvalue weighted by molar-refractivity contribution is -0.121. The number of fused-ring (bicyclic) bond motifs is 1. The van der Waals surface area contributed by atoms with Gasteiger partial charge in [0.15, 0.2) is 5.76 Å². The van der Waals surface area contributed by atoms with Crippen molar-refractivity contribution in [3.8, 4) is 5.75 Å². The molecule has 0 radical (unpaired) electrons. The van der Waals surface area contributed by atoms with Gasteiger partial charge >= 0.3 is 0 Å². The van der Waals surface area contributed by atoms with E-state index in [1.54, 1.807) is 47.4 Å². The smallest absolute Gasteiger partial charge is 0.289 e. The molecule has 2 N–H and O–H groups in total. The molecule has 0 saturated carbocycles. The topological polar surface area (TPSA) is 85.8 Å². The van der Waals surface area contributed by atoms with Crippen molar-refractivity contribution in [3.63, 3.8) is 0 Å². The number of hydrogen-bond donors (Lipinski definition) is 1. The van der Waals surface area contributed by atoms with Crippen LogP contribution in [0.5, 0.6) is 5.75 Å². The first kappa shape index (κ1) is 21.5. The summed E-state index contributed by atoms with van der Waals surface area (Å²) >= 11 is 12.0. The molecule has 31 heavy (non-hydrogen) atoms. The van der Waals surface area contributed by atoms with E-state index in [9.17, 15) is 9.59 Å². The maximum absolute atomic E-state index is 13.0. The van der Waals surface area contributed by atoms with E-state index < -0.39 is 5.41 Å². The zero-order valence-electron chi connectivity index (χ0n) is 16.8. The second-order valence-corrected chi connectivity index (χ2v) is 8.85. The fourth-order valence-corrected chi connectivity index (χ4v) is 4.36. The number of nitrogens with zero attached hydrogens (tertiary/aromatic N) is 1. The zero-order valence-corrected chi connectivity index (χ0v) is 18.3. The Hall–Kier alpha value is -2.70. The first-order valence-corrected chi connectivity index (χ1v) is 10.7. The Morgan fingerprint density at radius 1 is 1.06 bits per heavy atom. The van der Waals surface area contributed by atoms with Gasteiger partial charge in [-0.05, 0) is 55.3 Å². The first-order chi connectivity index (χ1) is 14.8. The summed E-state index contributed by atoms with van der Waals surface area (Å²) in [5.74, 6) is 0.338. The predicted molar refractivity (Wildman–Crippen MR) is 120 cm³/mol. The van der Waals surface area contributed by atoms with Gasteiger partial charge in [0.2, 0.25) is 5.91 Å². The molecule has 0 bridgehead atoms. The molecule has 0 spiro atoms. The maximum Gasteiger partial charge on any atom is 0.289 e. The van der Waals surface area contributed by atoms with E-state index in [1.165, 1.54) is 0 Å². The van der Waals surface area contributed by atoms with Gasteiger partial charge in [0, 0.05) is 40.4 Å². The number of nitrogens with two attached hydrogens (primary N) is 1. The molecule has 6 nitrogen and oxygen atoms in total. The number of benzene rings is 2. The number of carbonyl (C=O) groups excluding carboxylic acids is 2. The van der Waals surface area contributed by atoms with E-state index in [0.717, 1.165) is 5.39 Å². The van der Waals surface area contributed by atoms with Crippen molar-refractivity contribution in [2.24, 2.45) is 11.1 Å². The Labute approximate surface area is 189 Å². The summed E-state index contributed by atoms with van der Waals surface area (Å²) in [6.07, 6.45) is 1.38. The van der Waals surface area contributed by atoms with Gasteiger partial charge in [-0.2, -0.15) is 0 Å². The minimum Gasteiger partial charge on any atom is -0.493 e. The minimum absolute atomic E-state index is 0.184. The van der Waals surface area contributed by atoms with Crippen molar-refractivity contribution in [1.82, 2.24) is 4.90 Å². The van der Waals surface area contributed by atoms with Crippen LogP contribution in [0.3, 0.4) is 0 Å². The van der Waals surface area contributed by atoms with Crippen LogP contribution < -0.4 is 10.5 Å². The third-order valence-corrected chi connectivity index (χ3v) is 6.16. The zero-order chi connectivity index (χ0) is 22.0. The number of piperidine rings is 1. The fraction of sp³-hybridized carbons (Fsp3) is 0.304. The van der Waals surface area contributed by atoms with E-state index in [-0.39, 0.29) is 24.0 Å². The SMILES string of the molecule is NC(=O)CC1(COc2cccc(Cl)c2)CCN(C(=O)c2cc3cc(Cl)ccc3o2)CC1. The minimum atomic E-state index is -0.438. The highest BCUT2D eigenvalue weighted by atomic mass is 35.5. The quantitative estimate of drug-likeness (QED) is 0.565. The van der Waals surface area contributed by atoms with Gasteiger partial charge in [0.05, 0.1) is 6.61 Å². The Morgan fingerprint density at radius 2 is 1.81 bits per heavy atom. The number of rotatable bonds is 6. The number of likely N-dealkylation sites (tertiary alicyclic amines) is 1. The average molecular weight is 461 g/mol. The van der Waals surface area contributed by atoms with Gasteiger partial charge in [-0.15, -0.1) is 0 Å². The van der Waals surface area contributed by atoms with Crippen LogP contribution in [0.4, 0.5) is 0 Å². The molecular weight excluding hydrogens is 439 g/mol. The molecule has 2 aromatic carbocycles. The first-order valence-electron chi connectivity index (χ1n) is 9.99. The normalized spacial score (nSPS) is 15.7. The molecule has 0 unspecified atom stereocenters. The van der Waals surface area contributed by atoms with Crippen LogP contribution in [0, 0.1) is 5.41 Å². The second-order valence-electron chi connectivity index (χ2n) is 7.97. The summed E-state index contributed by atoms with van der Waals surface area (Å²) in [5.41, 5.74) is 5.70. The number of furan rings is 1. The van der Waals surface area contributed by atoms with Crippen molar-refractivity contribution in [1.29, 1.82) is 0 Å². The van der Waals surface area contributed by atoms with Crippen LogP contribution in [-0.4, -0.2) is 36.4 Å². The lowest BCUT2D eigenvalue weighted by Gasteiger charge is -2.40. The molecule has 4 rings (SSSR count). The molecule has 3 aromatic rings. The van der Waals surface area contributed by atoms with E-state index in [2.05, 4.69) is 0 Å². The largest absolute Gasteiger partial charge is 0.493 e. The summed E-state index contributed by atoms with van der Waals surface area (Å²) in [5, 5.41) is 1.95. The van der Waals surface area contributed by atoms with Crippen LogP contribution in [0.2, 0.25) is 10.0 Å². The summed E-state index contributed by atoms with van der Waals surface area (Å²) in [6, 6.07) is 14.1. The molecule has 0 aliphatic carbocycles. The lowest BCUT2D eigenvalue weighted by atomic mass is 9.76. The number of primary amides is 1. The molecule has 162 valence electrons. The van der Waals surface area contributed by atoms with Gasteiger partial charge in [-0.3, -0.25) is 9.59 Å². The fourth-order valence-electron chi connectivity index (χ4n) is 3.99. The Bertz CT molecular complexity index is 1120. The molecule has 1 saturated heterocycles. The van der Waals surface area contributed by atoms with E-state index in [4.69, 9.17) is 38.1 Å². The molecule has 0 atom stereocenters. The van der Waals surface area contributed by atoms with Crippen LogP contribution in [-0.2, 0) is 4.79 Å². The van der Waals surface area contributed by atoms with E-state index >= 15 is 0 Å². The van der Waals surface area contributed by atoms with Gasteiger partial charge in [-0.25, -0.2) is 0 Å². The maximum atomic E-state index is 13.0. The molecule has 2 heterocycles. The van der Waals surface area contributed by atoms with Crippen LogP contribution in [0.15, 0.2) is 52.9 Å². The molecule has 2 amide bonds. The molecule has 1 fully saturated rings. The van der Waals surface area contributed by atoms with Crippen molar-refractivity contribution in [3.05, 3.63) is 64.3 Å². The highest BCUT2D eigenvalue weighted by molar-refractivity contribution is 6.31. The van der Waals surface area contributed by atoms with Crippen molar-refractivity contribution >= 4 is 46.0 Å². The summed E-state index contributed by atoms with van der Waals surface area (Å²) in [7, 11) is 0. The molecule has 1 aliphatic rings. The Balaban J connectivity index is 1.44. The number of ether oxygens (including phenoxy) is 1. The third-order valence-electron chi connectivity index (χ3n) is 5.69. The molecule has 8 heteroatoms. The number of amides is 2. The van der Waals surface area contributed by atoms with Crippen LogP contribution in [0.25, 0.3) is 11.0 Å². The van der Waals surface area contributed by atoms with Crippen LogP contribution >= 0.6 is 23.2 Å². The molecular formula is C23H22Cl2N2O4. The molecule has 1 aliphatic heterocycles. The lowest BCUT2D eigenvalue weighted by Crippen LogP contribution is -2.47. The Morgan fingerprint density at radius 3 is 2.52 bits per heavy atom. The highest BCUT2D eigenvalue weighted by Crippen LogP contribution is 2.37. The van der Waals surface area contributed by atoms with E-state index in [1.807, 2.05) is 6.07 Å². The Kier molecular flexibility index (Phi) is 6.12. The third kappa shape index (κ3) is 4.97. The number of halogens is 2. The van der Waals surface area contributed by atoms with Gasteiger partial charge in [0.1, 0.15) is 11.3 Å².